The zero-order valence-corrected chi connectivity index (χ0v) is 17.9. The van der Waals surface area contributed by atoms with Crippen LogP contribution in [0.1, 0.15) is 28.7 Å². The van der Waals surface area contributed by atoms with Crippen LogP contribution in [-0.2, 0) is 27.3 Å². The first-order valence-electron chi connectivity index (χ1n) is 9.84. The van der Waals surface area contributed by atoms with Crippen molar-refractivity contribution in [1.82, 2.24) is 9.80 Å². The summed E-state index contributed by atoms with van der Waals surface area (Å²) in [7, 11) is 0. The molecule has 1 atom stereocenters. The number of carboxylic acids is 1. The number of halogens is 1. The molecule has 30 heavy (non-hydrogen) atoms. The Morgan fingerprint density at radius 2 is 1.70 bits per heavy atom. The minimum absolute atomic E-state index is 0.119. The molecule has 0 aromatic heterocycles. The van der Waals surface area contributed by atoms with Gasteiger partial charge < -0.3 is 14.9 Å². The quantitative estimate of drug-likeness (QED) is 0.734. The number of amides is 2. The average Bonchev–Trinajstić information content (AvgIpc) is 2.60. The third-order valence-electron chi connectivity index (χ3n) is 5.19. The Balaban J connectivity index is 1.70. The summed E-state index contributed by atoms with van der Waals surface area (Å²) in [4.78, 5) is 40.0. The van der Waals surface area contributed by atoms with Gasteiger partial charge in [0.15, 0.2) is 0 Å². The highest BCUT2D eigenvalue weighted by molar-refractivity contribution is 6.30. The summed E-state index contributed by atoms with van der Waals surface area (Å²) in [5.41, 5.74) is 3.87. The van der Waals surface area contributed by atoms with E-state index in [1.807, 2.05) is 32.0 Å². The maximum Gasteiger partial charge on any atom is 0.323 e. The smallest absolute Gasteiger partial charge is 0.323 e. The fourth-order valence-electron chi connectivity index (χ4n) is 3.79. The van der Waals surface area contributed by atoms with Gasteiger partial charge >= 0.3 is 5.97 Å². The van der Waals surface area contributed by atoms with Gasteiger partial charge in [-0.05, 0) is 43.5 Å². The normalized spacial score (nSPS) is 15.4. The van der Waals surface area contributed by atoms with Crippen LogP contribution in [0.2, 0.25) is 5.02 Å². The van der Waals surface area contributed by atoms with E-state index in [4.69, 9.17) is 11.6 Å². The van der Waals surface area contributed by atoms with E-state index in [1.54, 1.807) is 29.2 Å². The monoisotopic (exact) mass is 428 g/mol. The van der Waals surface area contributed by atoms with Crippen LogP contribution in [0.15, 0.2) is 42.5 Å². The maximum absolute atomic E-state index is 13.1. The SMILES string of the molecule is Cc1cc(C)cc(CC(=O)N2CCC2C(=O)N(CC(=O)O)Cc2ccc(Cl)cc2)c1. The molecule has 0 saturated carbocycles. The van der Waals surface area contributed by atoms with Crippen LogP contribution in [0.5, 0.6) is 0 Å². The Morgan fingerprint density at radius 1 is 1.07 bits per heavy atom. The number of rotatable bonds is 7. The van der Waals surface area contributed by atoms with Crippen LogP contribution in [-0.4, -0.2) is 51.8 Å². The highest BCUT2D eigenvalue weighted by Gasteiger charge is 2.40. The second-order valence-corrected chi connectivity index (χ2v) is 8.22. The van der Waals surface area contributed by atoms with Crippen LogP contribution in [0.4, 0.5) is 0 Å². The highest BCUT2D eigenvalue weighted by atomic mass is 35.5. The van der Waals surface area contributed by atoms with Crippen molar-refractivity contribution in [3.63, 3.8) is 0 Å². The summed E-state index contributed by atoms with van der Waals surface area (Å²) >= 11 is 5.90. The number of carboxylic acid groups (broad SMARTS) is 1. The first-order valence-corrected chi connectivity index (χ1v) is 10.2. The first-order chi connectivity index (χ1) is 14.2. The lowest BCUT2D eigenvalue weighted by molar-refractivity contribution is -0.155. The molecule has 1 fully saturated rings. The summed E-state index contributed by atoms with van der Waals surface area (Å²) < 4.78 is 0. The molecule has 2 aromatic rings. The maximum atomic E-state index is 13.1. The minimum atomic E-state index is -1.09. The van der Waals surface area contributed by atoms with Crippen molar-refractivity contribution in [2.75, 3.05) is 13.1 Å². The summed E-state index contributed by atoms with van der Waals surface area (Å²) in [6.45, 7) is 4.20. The lowest BCUT2D eigenvalue weighted by Gasteiger charge is -2.42. The van der Waals surface area contributed by atoms with E-state index >= 15 is 0 Å². The molecule has 0 bridgehead atoms. The van der Waals surface area contributed by atoms with Crippen LogP contribution >= 0.6 is 11.6 Å². The minimum Gasteiger partial charge on any atom is -0.480 e. The van der Waals surface area contributed by atoms with Crippen molar-refractivity contribution in [2.45, 2.75) is 39.3 Å². The molecular formula is C23H25ClN2O4. The molecule has 3 rings (SSSR count). The van der Waals surface area contributed by atoms with E-state index in [0.717, 1.165) is 22.3 Å². The number of hydrogen-bond donors (Lipinski definition) is 1. The number of likely N-dealkylation sites (tertiary alicyclic amines) is 1. The largest absolute Gasteiger partial charge is 0.480 e. The van der Waals surface area contributed by atoms with E-state index in [0.29, 0.717) is 18.0 Å². The number of nitrogens with zero attached hydrogens (tertiary/aromatic N) is 2. The lowest BCUT2D eigenvalue weighted by atomic mass is 9.98. The number of aliphatic carboxylic acids is 1. The van der Waals surface area contributed by atoms with E-state index in [-0.39, 0.29) is 24.8 Å². The molecule has 2 amide bonds. The fraction of sp³-hybridized carbons (Fsp3) is 0.348. The second kappa shape index (κ2) is 9.30. The molecule has 1 aliphatic heterocycles. The topological polar surface area (TPSA) is 77.9 Å². The molecular weight excluding hydrogens is 404 g/mol. The van der Waals surface area contributed by atoms with Crippen molar-refractivity contribution in [3.05, 3.63) is 69.7 Å². The number of hydrogen-bond acceptors (Lipinski definition) is 3. The fourth-order valence-corrected chi connectivity index (χ4v) is 3.91. The Kier molecular flexibility index (Phi) is 6.77. The van der Waals surface area contributed by atoms with Gasteiger partial charge in [0.25, 0.3) is 0 Å². The van der Waals surface area contributed by atoms with Gasteiger partial charge in [-0.1, -0.05) is 53.1 Å². The number of aryl methyl sites for hydroxylation is 2. The Hall–Kier alpha value is -2.86. The molecule has 1 saturated heterocycles. The predicted octanol–water partition coefficient (Wildman–Crippen LogP) is 3.21. The van der Waals surface area contributed by atoms with Crippen LogP contribution in [0, 0.1) is 13.8 Å². The number of benzene rings is 2. The third-order valence-corrected chi connectivity index (χ3v) is 5.44. The van der Waals surface area contributed by atoms with Crippen molar-refractivity contribution < 1.29 is 19.5 Å². The predicted molar refractivity (Wildman–Crippen MR) is 114 cm³/mol. The van der Waals surface area contributed by atoms with Gasteiger partial charge in [0, 0.05) is 18.1 Å². The zero-order chi connectivity index (χ0) is 21.8. The van der Waals surface area contributed by atoms with Gasteiger partial charge in [-0.3, -0.25) is 14.4 Å². The zero-order valence-electron chi connectivity index (χ0n) is 17.1. The molecule has 7 heteroatoms. The van der Waals surface area contributed by atoms with Crippen molar-refractivity contribution >= 4 is 29.4 Å². The first kappa shape index (κ1) is 21.8. The standard InChI is InChI=1S/C23H25ClN2O4/c1-15-9-16(2)11-18(10-15)12-21(27)26-8-7-20(26)23(30)25(14-22(28)29)13-17-3-5-19(24)6-4-17/h3-6,9-11,20H,7-8,12-14H2,1-2H3,(H,28,29). The molecule has 1 N–H and O–H groups in total. The number of carbonyl (C=O) groups excluding carboxylic acids is 2. The van der Waals surface area contributed by atoms with Gasteiger partial charge in [-0.2, -0.15) is 0 Å². The van der Waals surface area contributed by atoms with Crippen molar-refractivity contribution in [1.29, 1.82) is 0 Å². The Morgan fingerprint density at radius 3 is 2.23 bits per heavy atom. The van der Waals surface area contributed by atoms with Gasteiger partial charge in [0.2, 0.25) is 11.8 Å². The number of carbonyl (C=O) groups is 3. The molecule has 0 aliphatic carbocycles. The molecule has 2 aromatic carbocycles. The Labute approximate surface area is 181 Å². The highest BCUT2D eigenvalue weighted by Crippen LogP contribution is 2.23. The summed E-state index contributed by atoms with van der Waals surface area (Å²) in [6.07, 6.45) is 0.760. The second-order valence-electron chi connectivity index (χ2n) is 7.78. The van der Waals surface area contributed by atoms with Gasteiger partial charge in [-0.15, -0.1) is 0 Å². The summed E-state index contributed by atoms with van der Waals surface area (Å²) in [6, 6.07) is 12.3. The molecule has 6 nitrogen and oxygen atoms in total. The molecule has 0 radical (unpaired) electrons. The third kappa shape index (κ3) is 5.39. The summed E-state index contributed by atoms with van der Waals surface area (Å²) in [5, 5.41) is 9.82. The van der Waals surface area contributed by atoms with Crippen LogP contribution in [0.3, 0.4) is 0 Å². The van der Waals surface area contributed by atoms with E-state index in [9.17, 15) is 19.5 Å². The average molecular weight is 429 g/mol. The molecule has 0 spiro atoms. The molecule has 1 heterocycles. The van der Waals surface area contributed by atoms with E-state index in [2.05, 4.69) is 0 Å². The van der Waals surface area contributed by atoms with Gasteiger partial charge in [-0.25, -0.2) is 0 Å². The van der Waals surface area contributed by atoms with Gasteiger partial charge in [0.05, 0.1) is 6.42 Å². The lowest BCUT2D eigenvalue weighted by Crippen LogP contribution is -2.59. The van der Waals surface area contributed by atoms with Gasteiger partial charge in [0.1, 0.15) is 12.6 Å². The van der Waals surface area contributed by atoms with Crippen LogP contribution < -0.4 is 0 Å². The van der Waals surface area contributed by atoms with E-state index < -0.39 is 18.6 Å². The van der Waals surface area contributed by atoms with Crippen LogP contribution in [0.25, 0.3) is 0 Å². The summed E-state index contributed by atoms with van der Waals surface area (Å²) in [5.74, 6) is -1.55. The molecule has 1 aliphatic rings. The Bertz CT molecular complexity index is 938. The van der Waals surface area contributed by atoms with Crippen molar-refractivity contribution in [3.8, 4) is 0 Å². The van der Waals surface area contributed by atoms with E-state index in [1.165, 1.54) is 4.90 Å². The molecule has 1 unspecified atom stereocenters. The van der Waals surface area contributed by atoms with Crippen molar-refractivity contribution in [2.24, 2.45) is 0 Å². The molecule has 158 valence electrons.